The second-order valence-electron chi connectivity index (χ2n) is 7.14. The summed E-state index contributed by atoms with van der Waals surface area (Å²) in [5.41, 5.74) is 6.75. The van der Waals surface area contributed by atoms with Crippen LogP contribution < -0.4 is 5.73 Å². The van der Waals surface area contributed by atoms with Crippen LogP contribution in [0.3, 0.4) is 0 Å². The van der Waals surface area contributed by atoms with Gasteiger partial charge >= 0.3 is 5.97 Å². The summed E-state index contributed by atoms with van der Waals surface area (Å²) in [6.07, 6.45) is 5.72. The molecule has 1 aliphatic heterocycles. The molecule has 3 N–H and O–H groups in total. The van der Waals surface area contributed by atoms with Crippen LogP contribution in [-0.2, 0) is 14.4 Å². The zero-order valence-corrected chi connectivity index (χ0v) is 17.5. The maximum atomic E-state index is 12.5. The zero-order chi connectivity index (χ0) is 21.0. The number of nitrogen functional groups attached to an aromatic ring is 1. The van der Waals surface area contributed by atoms with Gasteiger partial charge in [-0.05, 0) is 42.0 Å². The Morgan fingerprint density at radius 2 is 1.97 bits per heavy atom. The maximum absolute atomic E-state index is 12.5. The number of pyridine rings is 1. The van der Waals surface area contributed by atoms with Gasteiger partial charge in [-0.2, -0.15) is 0 Å². The summed E-state index contributed by atoms with van der Waals surface area (Å²) in [5.74, 6) is -1.14. The molecule has 1 aromatic carbocycles. The van der Waals surface area contributed by atoms with Crippen molar-refractivity contribution in [1.29, 1.82) is 0 Å². The van der Waals surface area contributed by atoms with Crippen molar-refractivity contribution in [2.75, 3.05) is 25.9 Å². The highest BCUT2D eigenvalue weighted by Gasteiger charge is 2.27. The van der Waals surface area contributed by atoms with Crippen LogP contribution in [0.1, 0.15) is 24.8 Å². The molecule has 0 saturated carbocycles. The molecule has 2 heterocycles. The number of benzene rings is 1. The minimum Gasteiger partial charge on any atom is -0.481 e. The number of carbonyl (C=O) groups excluding carboxylic acids is 2. The van der Waals surface area contributed by atoms with Gasteiger partial charge in [0, 0.05) is 43.8 Å². The van der Waals surface area contributed by atoms with Crippen LogP contribution in [-0.4, -0.2) is 63.9 Å². The summed E-state index contributed by atoms with van der Waals surface area (Å²) in [5, 5.41) is 10.6. The lowest BCUT2D eigenvalue weighted by molar-refractivity contribution is -0.144. The molecule has 2 amide bonds. The van der Waals surface area contributed by atoms with E-state index in [0.29, 0.717) is 31.7 Å². The molecule has 3 rings (SSSR count). The van der Waals surface area contributed by atoms with Gasteiger partial charge in [-0.1, -0.05) is 12.1 Å². The Morgan fingerprint density at radius 1 is 1.27 bits per heavy atom. The third kappa shape index (κ3) is 5.48. The van der Waals surface area contributed by atoms with E-state index in [0.717, 1.165) is 16.3 Å². The number of carboxylic acids is 1. The quantitative estimate of drug-likeness (QED) is 0.552. The molecule has 0 atom stereocenters. The van der Waals surface area contributed by atoms with Crippen LogP contribution >= 0.6 is 12.4 Å². The van der Waals surface area contributed by atoms with Crippen molar-refractivity contribution in [3.8, 4) is 0 Å². The molecule has 1 aliphatic rings. The summed E-state index contributed by atoms with van der Waals surface area (Å²) >= 11 is 0. The van der Waals surface area contributed by atoms with Crippen LogP contribution in [0.4, 0.5) is 5.82 Å². The molecule has 1 saturated heterocycles. The SMILES string of the molecule is CN(C(=O)/C=C/c1ccc2c(N)nccc2c1)C1CCN(C(=O)CC(=O)O)CC1.Cl. The predicted molar refractivity (Wildman–Crippen MR) is 117 cm³/mol. The number of anilines is 1. The van der Waals surface area contributed by atoms with E-state index in [9.17, 15) is 14.4 Å². The largest absolute Gasteiger partial charge is 0.481 e. The Labute approximate surface area is 180 Å². The molecule has 30 heavy (non-hydrogen) atoms. The summed E-state index contributed by atoms with van der Waals surface area (Å²) in [4.78, 5) is 42.3. The molecule has 0 spiro atoms. The van der Waals surface area contributed by atoms with Crippen molar-refractivity contribution in [1.82, 2.24) is 14.8 Å². The van der Waals surface area contributed by atoms with Crippen LogP contribution in [0.2, 0.25) is 0 Å². The Bertz CT molecular complexity index is 971. The van der Waals surface area contributed by atoms with Gasteiger partial charge in [-0.3, -0.25) is 14.4 Å². The number of rotatable bonds is 5. The normalized spacial score (nSPS) is 14.5. The second kappa shape index (κ2) is 10.1. The van der Waals surface area contributed by atoms with Crippen LogP contribution in [0.5, 0.6) is 0 Å². The Morgan fingerprint density at radius 3 is 2.63 bits per heavy atom. The van der Waals surface area contributed by atoms with Crippen molar-refractivity contribution >= 4 is 52.9 Å². The van der Waals surface area contributed by atoms with Crippen LogP contribution in [0.15, 0.2) is 36.5 Å². The first-order valence-corrected chi connectivity index (χ1v) is 9.44. The predicted octanol–water partition coefficient (Wildman–Crippen LogP) is 2.18. The highest BCUT2D eigenvalue weighted by molar-refractivity contribution is 5.95. The first kappa shape index (κ1) is 23.2. The number of nitrogens with two attached hydrogens (primary N) is 1. The number of halogens is 1. The van der Waals surface area contributed by atoms with Gasteiger partial charge in [0.15, 0.2) is 0 Å². The Hall–Kier alpha value is -3.13. The van der Waals surface area contributed by atoms with Crippen molar-refractivity contribution in [2.24, 2.45) is 0 Å². The molecule has 0 aliphatic carbocycles. The number of likely N-dealkylation sites (tertiary alicyclic amines) is 1. The average molecular weight is 433 g/mol. The lowest BCUT2D eigenvalue weighted by Gasteiger charge is -2.36. The van der Waals surface area contributed by atoms with Gasteiger partial charge in [0.05, 0.1) is 0 Å². The van der Waals surface area contributed by atoms with E-state index >= 15 is 0 Å². The van der Waals surface area contributed by atoms with Gasteiger partial charge in [-0.25, -0.2) is 4.98 Å². The number of hydrogen-bond acceptors (Lipinski definition) is 5. The smallest absolute Gasteiger partial charge is 0.312 e. The molecule has 9 heteroatoms. The number of fused-ring (bicyclic) bond motifs is 1. The molecule has 0 unspecified atom stereocenters. The fourth-order valence-corrected chi connectivity index (χ4v) is 3.53. The van der Waals surface area contributed by atoms with Gasteiger partial charge in [0.25, 0.3) is 0 Å². The van der Waals surface area contributed by atoms with Crippen molar-refractivity contribution < 1.29 is 19.5 Å². The number of carboxylic acid groups (broad SMARTS) is 1. The molecule has 0 bridgehead atoms. The highest BCUT2D eigenvalue weighted by atomic mass is 35.5. The molecule has 1 aromatic heterocycles. The summed E-state index contributed by atoms with van der Waals surface area (Å²) in [7, 11) is 1.75. The van der Waals surface area contributed by atoms with Gasteiger partial charge in [0.2, 0.25) is 11.8 Å². The van der Waals surface area contributed by atoms with Gasteiger partial charge < -0.3 is 20.6 Å². The van der Waals surface area contributed by atoms with E-state index in [4.69, 9.17) is 10.8 Å². The standard InChI is InChI=1S/C21H24N4O4.ClH/c1-24(16-7-10-25(11-8-16)19(27)13-20(28)29)18(26)5-3-14-2-4-17-15(12-14)6-9-23-21(17)22;/h2-6,9,12,16H,7-8,10-11,13H2,1H3,(H2,22,23)(H,28,29);1H/b5-3+;. The number of hydrogen-bond donors (Lipinski definition) is 2. The second-order valence-corrected chi connectivity index (χ2v) is 7.14. The molecule has 0 radical (unpaired) electrons. The Balaban J connectivity index is 0.00000320. The van der Waals surface area contributed by atoms with Gasteiger partial charge in [-0.15, -0.1) is 12.4 Å². The molecule has 2 aromatic rings. The molecular formula is C21H25ClN4O4. The minimum atomic E-state index is -1.12. The zero-order valence-electron chi connectivity index (χ0n) is 16.7. The molecule has 160 valence electrons. The first-order valence-electron chi connectivity index (χ1n) is 9.44. The van der Waals surface area contributed by atoms with E-state index < -0.39 is 12.4 Å². The molecule has 1 fully saturated rings. The summed E-state index contributed by atoms with van der Waals surface area (Å²) < 4.78 is 0. The average Bonchev–Trinajstić information content (AvgIpc) is 2.71. The van der Waals surface area contributed by atoms with E-state index in [1.54, 1.807) is 29.1 Å². The van der Waals surface area contributed by atoms with Crippen LogP contribution in [0.25, 0.3) is 16.8 Å². The van der Waals surface area contributed by atoms with Crippen molar-refractivity contribution in [3.05, 3.63) is 42.1 Å². The number of likely N-dealkylation sites (N-methyl/N-ethyl adjacent to an activating group) is 1. The summed E-state index contributed by atoms with van der Waals surface area (Å²) in [6, 6.07) is 7.61. The fraction of sp³-hybridized carbons (Fsp3) is 0.333. The topological polar surface area (TPSA) is 117 Å². The lowest BCUT2D eigenvalue weighted by Crippen LogP contribution is -2.47. The van der Waals surface area contributed by atoms with Crippen molar-refractivity contribution in [3.63, 3.8) is 0 Å². The fourth-order valence-electron chi connectivity index (χ4n) is 3.53. The van der Waals surface area contributed by atoms with E-state index in [2.05, 4.69) is 4.98 Å². The number of carbonyl (C=O) groups is 3. The number of aromatic nitrogens is 1. The van der Waals surface area contributed by atoms with E-state index in [-0.39, 0.29) is 30.3 Å². The van der Waals surface area contributed by atoms with E-state index in [1.807, 2.05) is 24.3 Å². The van der Waals surface area contributed by atoms with Crippen LogP contribution in [0, 0.1) is 0 Å². The number of aliphatic carboxylic acids is 1. The molecular weight excluding hydrogens is 408 g/mol. The van der Waals surface area contributed by atoms with E-state index in [1.165, 1.54) is 6.08 Å². The Kier molecular flexibility index (Phi) is 7.77. The first-order chi connectivity index (χ1) is 13.8. The summed E-state index contributed by atoms with van der Waals surface area (Å²) in [6.45, 7) is 0.913. The minimum absolute atomic E-state index is 0. The van der Waals surface area contributed by atoms with Crippen molar-refractivity contribution in [2.45, 2.75) is 25.3 Å². The lowest BCUT2D eigenvalue weighted by atomic mass is 10.0. The monoisotopic (exact) mass is 432 g/mol. The third-order valence-corrected chi connectivity index (χ3v) is 5.25. The number of piperidine rings is 1. The number of nitrogens with zero attached hydrogens (tertiary/aromatic N) is 3. The molecule has 8 nitrogen and oxygen atoms in total. The third-order valence-electron chi connectivity index (χ3n) is 5.25. The highest BCUT2D eigenvalue weighted by Crippen LogP contribution is 2.21. The maximum Gasteiger partial charge on any atom is 0.312 e. The van der Waals surface area contributed by atoms with Gasteiger partial charge in [0.1, 0.15) is 12.2 Å². The number of amides is 2.